The van der Waals surface area contributed by atoms with Crippen LogP contribution in [-0.4, -0.2) is 32.0 Å². The van der Waals surface area contributed by atoms with Crippen molar-refractivity contribution in [1.29, 1.82) is 0 Å². The summed E-state index contributed by atoms with van der Waals surface area (Å²) in [6, 6.07) is 22.0. The molecule has 2 fully saturated rings. The molecule has 0 saturated carbocycles. The largest absolute Gasteiger partial charge is 0.288 e. The molecular weight excluding hydrogens is 412 g/mol. The lowest BCUT2D eigenvalue weighted by Crippen LogP contribution is -2.60. The highest BCUT2D eigenvalue weighted by atomic mass is 15.3. The molecule has 0 amide bonds. The molecule has 2 aliphatic rings. The van der Waals surface area contributed by atoms with Gasteiger partial charge >= 0.3 is 0 Å². The highest BCUT2D eigenvalue weighted by Gasteiger charge is 2.47. The summed E-state index contributed by atoms with van der Waals surface area (Å²) in [5, 5.41) is 0. The predicted octanol–water partition coefficient (Wildman–Crippen LogP) is 7.99. The zero-order valence-corrected chi connectivity index (χ0v) is 22.9. The third-order valence-electron chi connectivity index (χ3n) is 8.37. The number of nitrogens with zero attached hydrogens (tertiary/aromatic N) is 2. The second-order valence-electron chi connectivity index (χ2n) is 13.3. The molecule has 0 unspecified atom stereocenters. The molecule has 0 aromatic heterocycles. The number of likely N-dealkylation sites (tertiary alicyclic amines) is 2. The van der Waals surface area contributed by atoms with Crippen LogP contribution < -0.4 is 0 Å². The van der Waals surface area contributed by atoms with Crippen LogP contribution in [0.25, 0.3) is 0 Å². The highest BCUT2D eigenvalue weighted by molar-refractivity contribution is 5.30. The third kappa shape index (κ3) is 5.19. The highest BCUT2D eigenvalue weighted by Crippen LogP contribution is 2.49. The van der Waals surface area contributed by atoms with Crippen LogP contribution in [0.4, 0.5) is 0 Å². The molecule has 2 nitrogen and oxygen atoms in total. The number of benzene rings is 2. The molecule has 0 atom stereocenters. The summed E-state index contributed by atoms with van der Waals surface area (Å²) in [5.41, 5.74) is 6.81. The predicted molar refractivity (Wildman–Crippen MR) is 146 cm³/mol. The van der Waals surface area contributed by atoms with Crippen molar-refractivity contribution in [3.63, 3.8) is 0 Å². The fourth-order valence-corrected chi connectivity index (χ4v) is 7.12. The summed E-state index contributed by atoms with van der Waals surface area (Å²) in [7, 11) is 0. The molecule has 0 aliphatic carbocycles. The Morgan fingerprint density at radius 2 is 0.735 bits per heavy atom. The summed E-state index contributed by atoms with van der Waals surface area (Å²) in [5.74, 6) is 0. The van der Waals surface area contributed by atoms with Gasteiger partial charge in [-0.1, -0.05) is 71.8 Å². The zero-order valence-electron chi connectivity index (χ0n) is 22.9. The van der Waals surface area contributed by atoms with Gasteiger partial charge in [-0.15, -0.1) is 0 Å². The molecule has 0 spiro atoms. The van der Waals surface area contributed by atoms with Gasteiger partial charge < -0.3 is 0 Å². The molecule has 4 rings (SSSR count). The zero-order chi connectivity index (χ0) is 24.8. The summed E-state index contributed by atoms with van der Waals surface area (Å²) >= 11 is 0. The van der Waals surface area contributed by atoms with Gasteiger partial charge in [-0.05, 0) is 92.2 Å². The summed E-state index contributed by atoms with van der Waals surface area (Å²) < 4.78 is 0. The van der Waals surface area contributed by atoms with Crippen LogP contribution >= 0.6 is 0 Å². The van der Waals surface area contributed by atoms with Crippen LogP contribution in [0.2, 0.25) is 0 Å². The molecule has 184 valence electrons. The second kappa shape index (κ2) is 8.95. The van der Waals surface area contributed by atoms with E-state index in [0.717, 1.165) is 13.1 Å². The Morgan fingerprint density at radius 1 is 0.471 bits per heavy atom. The number of rotatable bonds is 4. The van der Waals surface area contributed by atoms with E-state index in [-0.39, 0.29) is 22.2 Å². The molecule has 2 heterocycles. The third-order valence-corrected chi connectivity index (χ3v) is 8.37. The average Bonchev–Trinajstić information content (AvgIpc) is 2.74. The van der Waals surface area contributed by atoms with Gasteiger partial charge in [0.2, 0.25) is 0 Å². The molecule has 34 heavy (non-hydrogen) atoms. The Morgan fingerprint density at radius 3 is 1.00 bits per heavy atom. The maximum atomic E-state index is 2.75. The first-order valence-electron chi connectivity index (χ1n) is 13.1. The van der Waals surface area contributed by atoms with Gasteiger partial charge in [-0.3, -0.25) is 9.80 Å². The van der Waals surface area contributed by atoms with Crippen LogP contribution in [0.15, 0.2) is 71.8 Å². The Balaban J connectivity index is 1.61. The molecule has 2 aliphatic heterocycles. The van der Waals surface area contributed by atoms with E-state index >= 15 is 0 Å². The molecule has 0 N–H and O–H groups in total. The van der Waals surface area contributed by atoms with Gasteiger partial charge in [-0.2, -0.15) is 0 Å². The van der Waals surface area contributed by atoms with Crippen molar-refractivity contribution in [1.82, 2.24) is 9.80 Å². The lowest BCUT2D eigenvalue weighted by Gasteiger charge is -2.57. The monoisotopic (exact) mass is 458 g/mol. The van der Waals surface area contributed by atoms with Gasteiger partial charge in [0.25, 0.3) is 0 Å². The van der Waals surface area contributed by atoms with E-state index in [0.29, 0.717) is 0 Å². The summed E-state index contributed by atoms with van der Waals surface area (Å²) in [6.45, 7) is 21.7. The molecule has 0 bridgehead atoms. The van der Waals surface area contributed by atoms with E-state index in [1.807, 2.05) is 0 Å². The van der Waals surface area contributed by atoms with Crippen molar-refractivity contribution in [2.75, 3.05) is 0 Å². The first-order chi connectivity index (χ1) is 15.8. The molecular formula is C32H46N2. The van der Waals surface area contributed by atoms with Crippen molar-refractivity contribution >= 4 is 0 Å². The topological polar surface area (TPSA) is 6.48 Å². The standard InChI is InChI=1S/C32H46N2/c1-29(2)19-27(20-30(3,4)33(29)23-25-15-11-9-12-16-25)28-21-31(5,6)34(32(7,8)22-28)24-26-17-13-10-14-18-26/h9-18H,19-24H2,1-8H3. The van der Waals surface area contributed by atoms with Crippen LogP contribution in [-0.2, 0) is 13.1 Å². The lowest BCUT2D eigenvalue weighted by molar-refractivity contribution is -0.0252. The Labute approximate surface area is 209 Å². The van der Waals surface area contributed by atoms with Crippen LogP contribution in [0.5, 0.6) is 0 Å². The van der Waals surface area contributed by atoms with Crippen LogP contribution in [0.3, 0.4) is 0 Å². The van der Waals surface area contributed by atoms with Gasteiger partial charge in [-0.25, -0.2) is 0 Å². The number of hydrogen-bond acceptors (Lipinski definition) is 2. The molecule has 0 radical (unpaired) electrons. The Bertz CT molecular complexity index is 888. The van der Waals surface area contributed by atoms with E-state index in [1.165, 1.54) is 36.8 Å². The molecule has 2 aromatic carbocycles. The molecule has 2 aromatic rings. The minimum atomic E-state index is 0.134. The summed E-state index contributed by atoms with van der Waals surface area (Å²) in [4.78, 5) is 5.50. The van der Waals surface area contributed by atoms with Gasteiger partial charge in [0.15, 0.2) is 0 Å². The van der Waals surface area contributed by atoms with Crippen molar-refractivity contribution in [3.8, 4) is 0 Å². The maximum absolute atomic E-state index is 2.75. The SMILES string of the molecule is CC1(C)CC(=C2CC(C)(C)N(Cc3ccccc3)C(C)(C)C2)CC(C)(C)N1Cc1ccccc1. The van der Waals surface area contributed by atoms with Crippen molar-refractivity contribution < 1.29 is 0 Å². The van der Waals surface area contributed by atoms with Crippen molar-refractivity contribution in [3.05, 3.63) is 82.9 Å². The first-order valence-corrected chi connectivity index (χ1v) is 13.1. The summed E-state index contributed by atoms with van der Waals surface area (Å²) in [6.07, 6.45) is 4.68. The van der Waals surface area contributed by atoms with E-state index in [9.17, 15) is 0 Å². The lowest BCUT2D eigenvalue weighted by atomic mass is 9.69. The van der Waals surface area contributed by atoms with Gasteiger partial charge in [0, 0.05) is 35.2 Å². The van der Waals surface area contributed by atoms with E-state index in [4.69, 9.17) is 0 Å². The van der Waals surface area contributed by atoms with Gasteiger partial charge in [0.1, 0.15) is 0 Å². The maximum Gasteiger partial charge on any atom is 0.0244 e. The van der Waals surface area contributed by atoms with Crippen molar-refractivity contribution in [2.45, 2.75) is 116 Å². The van der Waals surface area contributed by atoms with E-state index in [1.54, 1.807) is 11.1 Å². The average molecular weight is 459 g/mol. The Hall–Kier alpha value is -1.90. The molecule has 2 heteroatoms. The minimum absolute atomic E-state index is 0.134. The van der Waals surface area contributed by atoms with Gasteiger partial charge in [0.05, 0.1) is 0 Å². The fourth-order valence-electron chi connectivity index (χ4n) is 7.12. The quantitative estimate of drug-likeness (QED) is 0.428. The normalized spacial score (nSPS) is 24.2. The fraction of sp³-hybridized carbons (Fsp3) is 0.562. The number of hydrogen-bond donors (Lipinski definition) is 0. The smallest absolute Gasteiger partial charge is 0.0244 e. The van der Waals surface area contributed by atoms with E-state index < -0.39 is 0 Å². The van der Waals surface area contributed by atoms with Crippen LogP contribution in [0, 0.1) is 0 Å². The van der Waals surface area contributed by atoms with Crippen molar-refractivity contribution in [2.24, 2.45) is 0 Å². The Kier molecular flexibility index (Phi) is 6.64. The number of piperidine rings is 2. The van der Waals surface area contributed by atoms with Crippen LogP contribution in [0.1, 0.15) is 92.2 Å². The molecule has 2 saturated heterocycles. The second-order valence-corrected chi connectivity index (χ2v) is 13.3. The first kappa shape index (κ1) is 25.2. The van der Waals surface area contributed by atoms with E-state index in [2.05, 4.69) is 126 Å². The minimum Gasteiger partial charge on any atom is -0.288 e.